The van der Waals surface area contributed by atoms with E-state index in [1.54, 1.807) is 25.3 Å². The molecule has 39 heavy (non-hydrogen) atoms. The molecule has 210 valence electrons. The lowest BCUT2D eigenvalue weighted by atomic mass is 9.73. The standard InChI is InChI=1S/C28H32ClF2N3O4S/c1-38-18-6-7-23-19(16-18)25(20(29)17-32-23)24(35)8-9-28(27(36)33-37)10-13-34(14-11-28)12-3-15-39-26-21(30)4-2-5-22(26)31/h2,4-7,16-17,24,35,37H,3,8-15H2,1H3,(H,33,36)/t24-/m1/s1. The van der Waals surface area contributed by atoms with E-state index in [2.05, 4.69) is 9.88 Å². The molecular formula is C28H32ClF2N3O4S. The fourth-order valence-corrected chi connectivity index (χ4v) is 6.35. The SMILES string of the molecule is COc1ccc2ncc(Cl)c([C@H](O)CCC3(C(=O)NO)CCN(CCCSc4c(F)cccc4F)CC3)c2c1. The third kappa shape index (κ3) is 6.81. The molecule has 0 bridgehead atoms. The third-order valence-corrected chi connectivity index (χ3v) is 8.95. The molecule has 7 nitrogen and oxygen atoms in total. The molecule has 1 atom stereocenters. The Hall–Kier alpha value is -2.50. The van der Waals surface area contributed by atoms with Crippen molar-refractivity contribution in [1.82, 2.24) is 15.4 Å². The molecule has 11 heteroatoms. The Bertz CT molecular complexity index is 1290. The molecule has 4 rings (SSSR count). The number of hydroxylamine groups is 1. The number of carbonyl (C=O) groups is 1. The van der Waals surface area contributed by atoms with E-state index in [-0.39, 0.29) is 11.3 Å². The number of amides is 1. The van der Waals surface area contributed by atoms with E-state index >= 15 is 0 Å². The summed E-state index contributed by atoms with van der Waals surface area (Å²) in [6.45, 7) is 1.97. The minimum atomic E-state index is -0.952. The Morgan fingerprint density at radius 3 is 2.64 bits per heavy atom. The zero-order valence-electron chi connectivity index (χ0n) is 21.6. The first-order valence-corrected chi connectivity index (χ1v) is 14.2. The van der Waals surface area contributed by atoms with Crippen LogP contribution in [0.2, 0.25) is 5.02 Å². The van der Waals surface area contributed by atoms with Crippen LogP contribution in [0, 0.1) is 17.0 Å². The number of benzene rings is 2. The molecule has 3 aromatic rings. The van der Waals surface area contributed by atoms with Gasteiger partial charge in [-0.3, -0.25) is 15.0 Å². The number of hydrogen-bond donors (Lipinski definition) is 3. The molecule has 1 aliphatic heterocycles. The lowest BCUT2D eigenvalue weighted by Gasteiger charge is -2.40. The second kappa shape index (κ2) is 13.2. The fraction of sp³-hybridized carbons (Fsp3) is 0.429. The number of halogens is 3. The number of methoxy groups -OCH3 is 1. The number of ether oxygens (including phenoxy) is 1. The van der Waals surface area contributed by atoms with Gasteiger partial charge in [0.25, 0.3) is 0 Å². The van der Waals surface area contributed by atoms with Crippen molar-refractivity contribution in [3.63, 3.8) is 0 Å². The van der Waals surface area contributed by atoms with E-state index < -0.39 is 29.1 Å². The van der Waals surface area contributed by atoms with Crippen LogP contribution in [-0.4, -0.2) is 58.6 Å². The fourth-order valence-electron chi connectivity index (χ4n) is 5.19. The highest BCUT2D eigenvalue weighted by molar-refractivity contribution is 7.99. The second-order valence-electron chi connectivity index (χ2n) is 9.77. The van der Waals surface area contributed by atoms with Crippen LogP contribution >= 0.6 is 23.4 Å². The number of nitrogens with zero attached hydrogens (tertiary/aromatic N) is 2. The number of piperidine rings is 1. The molecule has 0 aliphatic carbocycles. The van der Waals surface area contributed by atoms with Gasteiger partial charge in [0.15, 0.2) is 0 Å². The Balaban J connectivity index is 1.36. The second-order valence-corrected chi connectivity index (χ2v) is 11.3. The highest BCUT2D eigenvalue weighted by Gasteiger charge is 2.41. The highest BCUT2D eigenvalue weighted by Crippen LogP contribution is 2.41. The zero-order chi connectivity index (χ0) is 28.0. The van der Waals surface area contributed by atoms with Crippen LogP contribution in [0.4, 0.5) is 8.78 Å². The van der Waals surface area contributed by atoms with Gasteiger partial charge >= 0.3 is 0 Å². The number of aromatic nitrogens is 1. The van der Waals surface area contributed by atoms with Gasteiger partial charge in [-0.25, -0.2) is 14.3 Å². The molecule has 0 saturated carbocycles. The molecule has 1 fully saturated rings. The number of hydrogen-bond acceptors (Lipinski definition) is 7. The summed E-state index contributed by atoms with van der Waals surface area (Å²) in [6.07, 6.45) is 2.89. The number of aliphatic hydroxyl groups is 1. The normalized spacial score (nSPS) is 16.3. The molecule has 3 N–H and O–H groups in total. The summed E-state index contributed by atoms with van der Waals surface area (Å²) in [5.41, 5.74) is 2.18. The van der Waals surface area contributed by atoms with Crippen LogP contribution in [0.1, 0.15) is 43.8 Å². The topological polar surface area (TPSA) is 94.9 Å². The number of rotatable bonds is 11. The largest absolute Gasteiger partial charge is 0.497 e. The molecular weight excluding hydrogens is 548 g/mol. The summed E-state index contributed by atoms with van der Waals surface area (Å²) in [7, 11) is 1.56. The van der Waals surface area contributed by atoms with Crippen molar-refractivity contribution in [3.8, 4) is 5.75 Å². The Kier molecular flexibility index (Phi) is 10.0. The molecule has 0 unspecified atom stereocenters. The summed E-state index contributed by atoms with van der Waals surface area (Å²) >= 11 is 7.60. The van der Waals surface area contributed by atoms with E-state index in [1.165, 1.54) is 24.4 Å². The van der Waals surface area contributed by atoms with Gasteiger partial charge in [-0.05, 0) is 87.8 Å². The molecule has 1 aliphatic rings. The van der Waals surface area contributed by atoms with Crippen molar-refractivity contribution in [2.24, 2.45) is 5.41 Å². The quantitative estimate of drug-likeness (QED) is 0.115. The number of fused-ring (bicyclic) bond motifs is 1. The van der Waals surface area contributed by atoms with E-state index in [0.717, 1.165) is 24.7 Å². The maximum atomic E-state index is 13.8. The smallest absolute Gasteiger partial charge is 0.249 e. The molecule has 2 aromatic carbocycles. The molecule has 1 amide bonds. The van der Waals surface area contributed by atoms with Crippen LogP contribution in [0.25, 0.3) is 10.9 Å². The summed E-state index contributed by atoms with van der Waals surface area (Å²) in [5.74, 6) is -0.401. The lowest BCUT2D eigenvalue weighted by molar-refractivity contribution is -0.143. The zero-order valence-corrected chi connectivity index (χ0v) is 23.2. The summed E-state index contributed by atoms with van der Waals surface area (Å²) in [4.78, 5) is 19.4. The van der Waals surface area contributed by atoms with Crippen molar-refractivity contribution >= 4 is 40.2 Å². The van der Waals surface area contributed by atoms with Crippen molar-refractivity contribution < 1.29 is 28.6 Å². The van der Waals surface area contributed by atoms with Crippen LogP contribution in [-0.2, 0) is 4.79 Å². The maximum absolute atomic E-state index is 13.8. The van der Waals surface area contributed by atoms with Gasteiger partial charge in [0.1, 0.15) is 17.4 Å². The van der Waals surface area contributed by atoms with E-state index in [4.69, 9.17) is 16.3 Å². The summed E-state index contributed by atoms with van der Waals surface area (Å²) in [5, 5.41) is 21.7. The summed E-state index contributed by atoms with van der Waals surface area (Å²) in [6, 6.07) is 9.20. The van der Waals surface area contributed by atoms with Gasteiger partial charge in [-0.15, -0.1) is 11.8 Å². The van der Waals surface area contributed by atoms with Crippen molar-refractivity contribution in [2.75, 3.05) is 32.5 Å². The van der Waals surface area contributed by atoms with Crippen LogP contribution in [0.3, 0.4) is 0 Å². The number of likely N-dealkylation sites (tertiary alicyclic amines) is 1. The third-order valence-electron chi connectivity index (χ3n) is 7.48. The van der Waals surface area contributed by atoms with Crippen molar-refractivity contribution in [3.05, 3.63) is 64.8 Å². The number of carbonyl (C=O) groups excluding carboxylic acids is 1. The Labute approximate surface area is 235 Å². The number of nitrogens with one attached hydrogen (secondary N) is 1. The Morgan fingerprint density at radius 2 is 1.97 bits per heavy atom. The molecule has 1 saturated heterocycles. The van der Waals surface area contributed by atoms with Gasteiger partial charge in [0.05, 0.1) is 34.1 Å². The van der Waals surface area contributed by atoms with Crippen LogP contribution in [0.15, 0.2) is 47.5 Å². The first-order valence-electron chi connectivity index (χ1n) is 12.8. The Morgan fingerprint density at radius 1 is 1.26 bits per heavy atom. The molecule has 2 heterocycles. The summed E-state index contributed by atoms with van der Waals surface area (Å²) < 4.78 is 33.0. The average Bonchev–Trinajstić information content (AvgIpc) is 2.95. The molecule has 0 spiro atoms. The first-order chi connectivity index (χ1) is 18.8. The predicted octanol–water partition coefficient (Wildman–Crippen LogP) is 5.76. The number of thioether (sulfide) groups is 1. The molecule has 0 radical (unpaired) electrons. The van der Waals surface area contributed by atoms with E-state index in [1.807, 2.05) is 5.48 Å². The van der Waals surface area contributed by atoms with E-state index in [9.17, 15) is 23.9 Å². The first kappa shape index (κ1) is 29.5. The van der Waals surface area contributed by atoms with Gasteiger partial charge in [0, 0.05) is 17.1 Å². The molecule has 1 aromatic heterocycles. The van der Waals surface area contributed by atoms with Crippen LogP contribution in [0.5, 0.6) is 5.75 Å². The lowest BCUT2D eigenvalue weighted by Crippen LogP contribution is -2.48. The highest BCUT2D eigenvalue weighted by atomic mass is 35.5. The number of pyridine rings is 1. The van der Waals surface area contributed by atoms with Crippen molar-refractivity contribution in [1.29, 1.82) is 0 Å². The van der Waals surface area contributed by atoms with Crippen molar-refractivity contribution in [2.45, 2.75) is 43.1 Å². The number of aliphatic hydroxyl groups excluding tert-OH is 1. The van der Waals surface area contributed by atoms with Crippen LogP contribution < -0.4 is 10.2 Å². The van der Waals surface area contributed by atoms with Gasteiger partial charge < -0.3 is 14.7 Å². The van der Waals surface area contributed by atoms with Gasteiger partial charge in [0.2, 0.25) is 5.91 Å². The van der Waals surface area contributed by atoms with E-state index in [0.29, 0.717) is 65.3 Å². The minimum absolute atomic E-state index is 0.0360. The minimum Gasteiger partial charge on any atom is -0.497 e. The maximum Gasteiger partial charge on any atom is 0.249 e. The van der Waals surface area contributed by atoms with Gasteiger partial charge in [-0.2, -0.15) is 0 Å². The monoisotopic (exact) mass is 579 g/mol. The van der Waals surface area contributed by atoms with Gasteiger partial charge in [-0.1, -0.05) is 17.7 Å². The average molecular weight is 580 g/mol. The predicted molar refractivity (Wildman–Crippen MR) is 147 cm³/mol.